The molecule has 0 spiro atoms. The fourth-order valence-electron chi connectivity index (χ4n) is 2.87. The molecule has 0 aliphatic carbocycles. The molecule has 0 radical (unpaired) electrons. The molecule has 21 heavy (non-hydrogen) atoms. The molecule has 2 aromatic rings. The third-order valence-corrected chi connectivity index (χ3v) is 4.15. The van der Waals surface area contributed by atoms with Gasteiger partial charge in [0, 0.05) is 5.69 Å². The molecule has 1 heterocycles. The van der Waals surface area contributed by atoms with E-state index in [9.17, 15) is 4.79 Å². The fourth-order valence-corrected chi connectivity index (χ4v) is 2.87. The van der Waals surface area contributed by atoms with E-state index in [4.69, 9.17) is 4.74 Å². The highest BCUT2D eigenvalue weighted by atomic mass is 16.5. The molecular formula is C18H19NO2. The third kappa shape index (κ3) is 2.29. The van der Waals surface area contributed by atoms with Crippen LogP contribution in [0.15, 0.2) is 48.5 Å². The lowest BCUT2D eigenvalue weighted by Crippen LogP contribution is -2.54. The molecule has 3 nitrogen and oxygen atoms in total. The van der Waals surface area contributed by atoms with Gasteiger partial charge in [0.2, 0.25) is 5.91 Å². The van der Waals surface area contributed by atoms with Gasteiger partial charge in [-0.2, -0.15) is 0 Å². The van der Waals surface area contributed by atoms with E-state index in [2.05, 4.69) is 31.2 Å². The largest absolute Gasteiger partial charge is 0.497 e. The minimum atomic E-state index is 0.0230. The number of rotatable bonds is 3. The summed E-state index contributed by atoms with van der Waals surface area (Å²) in [4.78, 5) is 14.1. The smallest absolute Gasteiger partial charge is 0.232 e. The Kier molecular flexibility index (Phi) is 3.42. The van der Waals surface area contributed by atoms with Crippen LogP contribution in [0.4, 0.5) is 5.69 Å². The van der Waals surface area contributed by atoms with Gasteiger partial charge in [-0.25, -0.2) is 0 Å². The second-order valence-electron chi connectivity index (χ2n) is 5.55. The zero-order chi connectivity index (χ0) is 15.0. The van der Waals surface area contributed by atoms with Gasteiger partial charge in [0.1, 0.15) is 5.75 Å². The molecule has 3 heteroatoms. The topological polar surface area (TPSA) is 29.5 Å². The van der Waals surface area contributed by atoms with Crippen molar-refractivity contribution >= 4 is 11.6 Å². The van der Waals surface area contributed by atoms with Crippen LogP contribution < -0.4 is 9.64 Å². The van der Waals surface area contributed by atoms with Crippen LogP contribution >= 0.6 is 0 Å². The summed E-state index contributed by atoms with van der Waals surface area (Å²) < 4.78 is 5.17. The molecule has 3 rings (SSSR count). The Hall–Kier alpha value is -2.29. The molecule has 1 aliphatic heterocycles. The first-order valence-corrected chi connectivity index (χ1v) is 7.15. The molecule has 0 N–H and O–H groups in total. The lowest BCUT2D eigenvalue weighted by Gasteiger charge is -2.46. The number of anilines is 1. The van der Waals surface area contributed by atoms with Crippen molar-refractivity contribution in [2.75, 3.05) is 12.0 Å². The predicted molar refractivity (Wildman–Crippen MR) is 83.6 cm³/mol. The van der Waals surface area contributed by atoms with Gasteiger partial charge in [-0.3, -0.25) is 4.79 Å². The fraction of sp³-hybridized carbons (Fsp3) is 0.278. The minimum Gasteiger partial charge on any atom is -0.497 e. The summed E-state index contributed by atoms with van der Waals surface area (Å²) in [5.74, 6) is 0.993. The number of nitrogens with zero attached hydrogens (tertiary/aromatic N) is 1. The average molecular weight is 281 g/mol. The Morgan fingerprint density at radius 2 is 1.62 bits per heavy atom. The van der Waals surface area contributed by atoms with Gasteiger partial charge in [0.15, 0.2) is 0 Å². The maximum Gasteiger partial charge on any atom is 0.232 e. The van der Waals surface area contributed by atoms with E-state index in [1.54, 1.807) is 7.11 Å². The number of β-lactam (4-membered cyclic amide) rings is 1. The van der Waals surface area contributed by atoms with E-state index in [1.807, 2.05) is 36.1 Å². The van der Waals surface area contributed by atoms with E-state index in [0.29, 0.717) is 0 Å². The Morgan fingerprint density at radius 1 is 1.00 bits per heavy atom. The van der Waals surface area contributed by atoms with Crippen molar-refractivity contribution in [2.45, 2.75) is 19.9 Å². The number of hydrogen-bond donors (Lipinski definition) is 0. The number of aryl methyl sites for hydroxylation is 1. The predicted octanol–water partition coefficient (Wildman–Crippen LogP) is 3.73. The van der Waals surface area contributed by atoms with Crippen molar-refractivity contribution in [2.24, 2.45) is 5.92 Å². The number of ether oxygens (including phenoxy) is 1. The zero-order valence-corrected chi connectivity index (χ0v) is 12.5. The molecule has 108 valence electrons. The van der Waals surface area contributed by atoms with Crippen molar-refractivity contribution in [3.05, 3.63) is 59.7 Å². The number of amides is 1. The quantitative estimate of drug-likeness (QED) is 0.802. The minimum absolute atomic E-state index is 0.0230. The highest BCUT2D eigenvalue weighted by molar-refractivity contribution is 6.03. The Bertz CT molecular complexity index is 646. The molecule has 0 bridgehead atoms. The van der Waals surface area contributed by atoms with Crippen molar-refractivity contribution < 1.29 is 9.53 Å². The summed E-state index contributed by atoms with van der Waals surface area (Å²) in [6, 6.07) is 16.2. The number of methoxy groups -OCH3 is 1. The van der Waals surface area contributed by atoms with Gasteiger partial charge in [0.05, 0.1) is 19.1 Å². The number of carbonyl (C=O) groups excluding carboxylic acids is 1. The SMILES string of the molecule is COc1ccc(N2C(=O)C(C)C2c2ccc(C)cc2)cc1. The lowest BCUT2D eigenvalue weighted by atomic mass is 9.83. The van der Waals surface area contributed by atoms with E-state index in [-0.39, 0.29) is 17.9 Å². The van der Waals surface area contributed by atoms with Crippen LogP contribution in [0.2, 0.25) is 0 Å². The summed E-state index contributed by atoms with van der Waals surface area (Å²) in [5, 5.41) is 0. The second-order valence-corrected chi connectivity index (χ2v) is 5.55. The van der Waals surface area contributed by atoms with Crippen LogP contribution in [0.1, 0.15) is 24.1 Å². The number of benzene rings is 2. The molecule has 0 aromatic heterocycles. The summed E-state index contributed by atoms with van der Waals surface area (Å²) in [7, 11) is 1.64. The molecule has 2 atom stereocenters. The lowest BCUT2D eigenvalue weighted by molar-refractivity contribution is -0.129. The first kappa shape index (κ1) is 13.7. The van der Waals surface area contributed by atoms with Crippen LogP contribution in [0.3, 0.4) is 0 Å². The van der Waals surface area contributed by atoms with E-state index in [0.717, 1.165) is 11.4 Å². The normalized spacial score (nSPS) is 21.1. The van der Waals surface area contributed by atoms with Crippen LogP contribution in [-0.4, -0.2) is 13.0 Å². The van der Waals surface area contributed by atoms with E-state index < -0.39 is 0 Å². The third-order valence-electron chi connectivity index (χ3n) is 4.15. The molecule has 1 amide bonds. The summed E-state index contributed by atoms with van der Waals surface area (Å²) >= 11 is 0. The Labute approximate surface area is 125 Å². The van der Waals surface area contributed by atoms with Crippen LogP contribution in [0, 0.1) is 12.8 Å². The van der Waals surface area contributed by atoms with E-state index in [1.165, 1.54) is 11.1 Å². The summed E-state index contributed by atoms with van der Waals surface area (Å²) in [5.41, 5.74) is 3.33. The van der Waals surface area contributed by atoms with Crippen LogP contribution in [0.25, 0.3) is 0 Å². The van der Waals surface area contributed by atoms with Crippen LogP contribution in [-0.2, 0) is 4.79 Å². The molecule has 0 saturated carbocycles. The van der Waals surface area contributed by atoms with Crippen LogP contribution in [0.5, 0.6) is 5.75 Å². The standard InChI is InChI=1S/C18H19NO2/c1-12-4-6-14(7-5-12)17-13(2)18(20)19(17)15-8-10-16(21-3)11-9-15/h4-11,13,17H,1-3H3. The Balaban J connectivity index is 1.92. The molecule has 1 saturated heterocycles. The van der Waals surface area contributed by atoms with Crippen molar-refractivity contribution in [3.8, 4) is 5.75 Å². The van der Waals surface area contributed by atoms with Gasteiger partial charge in [-0.05, 0) is 36.8 Å². The highest BCUT2D eigenvalue weighted by Crippen LogP contribution is 2.43. The first-order valence-electron chi connectivity index (χ1n) is 7.15. The first-order chi connectivity index (χ1) is 10.1. The van der Waals surface area contributed by atoms with Gasteiger partial charge < -0.3 is 9.64 Å². The van der Waals surface area contributed by atoms with Gasteiger partial charge >= 0.3 is 0 Å². The summed E-state index contributed by atoms with van der Waals surface area (Å²) in [6.45, 7) is 4.06. The van der Waals surface area contributed by atoms with Gasteiger partial charge in [-0.15, -0.1) is 0 Å². The number of hydrogen-bond acceptors (Lipinski definition) is 2. The second kappa shape index (κ2) is 5.24. The maximum atomic E-state index is 12.3. The average Bonchev–Trinajstić information content (AvgIpc) is 2.53. The molecule has 1 fully saturated rings. The highest BCUT2D eigenvalue weighted by Gasteiger charge is 2.45. The monoisotopic (exact) mass is 281 g/mol. The van der Waals surface area contributed by atoms with E-state index >= 15 is 0 Å². The summed E-state index contributed by atoms with van der Waals surface area (Å²) in [6.07, 6.45) is 0. The van der Waals surface area contributed by atoms with Crippen molar-refractivity contribution in [3.63, 3.8) is 0 Å². The van der Waals surface area contributed by atoms with Crippen molar-refractivity contribution in [1.82, 2.24) is 0 Å². The maximum absolute atomic E-state index is 12.3. The Morgan fingerprint density at radius 3 is 2.19 bits per heavy atom. The van der Waals surface area contributed by atoms with Crippen molar-refractivity contribution in [1.29, 1.82) is 0 Å². The van der Waals surface area contributed by atoms with Gasteiger partial charge in [-0.1, -0.05) is 36.8 Å². The molecule has 1 aliphatic rings. The number of carbonyl (C=O) groups is 1. The molecule has 2 unspecified atom stereocenters. The van der Waals surface area contributed by atoms with Gasteiger partial charge in [0.25, 0.3) is 0 Å². The molecular weight excluding hydrogens is 262 g/mol. The molecule has 2 aromatic carbocycles. The zero-order valence-electron chi connectivity index (χ0n) is 12.5.